The summed E-state index contributed by atoms with van der Waals surface area (Å²) in [6, 6.07) is 0. The number of thioether (sulfide) groups is 1. The molecule has 1 aromatic rings. The third kappa shape index (κ3) is 4.86. The fraction of sp³-hybridized carbons (Fsp3) is 0.500. The molecule has 4 nitrogen and oxygen atoms in total. The minimum Gasteiger partial charge on any atom is -0.394 e. The maximum atomic E-state index is 11.9. The van der Waals surface area contributed by atoms with Gasteiger partial charge < -0.3 is 11.1 Å². The Morgan fingerprint density at radius 2 is 2.06 bits per heavy atom. The SMILES string of the molecule is Cc1nc(Cl)nc(NCCSC(F)(F)F)c1N. The molecule has 0 aromatic carbocycles. The first-order valence-electron chi connectivity index (χ1n) is 4.54. The predicted octanol–water partition coefficient (Wildman–Crippen LogP) is 2.69. The highest BCUT2D eigenvalue weighted by Gasteiger charge is 2.27. The summed E-state index contributed by atoms with van der Waals surface area (Å²) in [4.78, 5) is 7.60. The van der Waals surface area contributed by atoms with Crippen LogP contribution in [0.5, 0.6) is 0 Å². The van der Waals surface area contributed by atoms with Crippen molar-refractivity contribution in [3.8, 4) is 0 Å². The molecule has 0 aliphatic carbocycles. The number of nitrogens with two attached hydrogens (primary N) is 1. The summed E-state index contributed by atoms with van der Waals surface area (Å²) >= 11 is 5.49. The Balaban J connectivity index is 2.52. The van der Waals surface area contributed by atoms with Gasteiger partial charge in [-0.1, -0.05) is 0 Å². The van der Waals surface area contributed by atoms with Crippen LogP contribution >= 0.6 is 23.4 Å². The Kier molecular flexibility index (Phi) is 4.70. The third-order valence-corrected chi connectivity index (χ3v) is 2.67. The van der Waals surface area contributed by atoms with E-state index in [0.717, 1.165) is 0 Å². The van der Waals surface area contributed by atoms with E-state index < -0.39 is 5.51 Å². The van der Waals surface area contributed by atoms with E-state index in [1.807, 2.05) is 0 Å². The van der Waals surface area contributed by atoms with Crippen LogP contribution in [0.2, 0.25) is 5.28 Å². The summed E-state index contributed by atoms with van der Waals surface area (Å²) in [6.45, 7) is 1.72. The highest BCUT2D eigenvalue weighted by molar-refractivity contribution is 8.00. The molecule has 1 aromatic heterocycles. The van der Waals surface area contributed by atoms with E-state index >= 15 is 0 Å². The van der Waals surface area contributed by atoms with Crippen LogP contribution in [0.4, 0.5) is 24.7 Å². The van der Waals surface area contributed by atoms with E-state index in [0.29, 0.717) is 5.69 Å². The number of alkyl halides is 3. The molecular weight excluding hydrogens is 277 g/mol. The number of rotatable bonds is 4. The van der Waals surface area contributed by atoms with Gasteiger partial charge in [-0.05, 0) is 30.3 Å². The summed E-state index contributed by atoms with van der Waals surface area (Å²) in [7, 11) is 0. The van der Waals surface area contributed by atoms with Crippen LogP contribution < -0.4 is 11.1 Å². The van der Waals surface area contributed by atoms with Gasteiger partial charge in [0.05, 0.1) is 11.4 Å². The first-order chi connectivity index (χ1) is 7.79. The smallest absolute Gasteiger partial charge is 0.394 e. The topological polar surface area (TPSA) is 63.8 Å². The zero-order valence-corrected chi connectivity index (χ0v) is 10.4. The van der Waals surface area contributed by atoms with Crippen molar-refractivity contribution in [2.45, 2.75) is 12.4 Å². The molecule has 0 spiro atoms. The van der Waals surface area contributed by atoms with Crippen LogP contribution in [0.1, 0.15) is 5.69 Å². The van der Waals surface area contributed by atoms with Gasteiger partial charge in [0.15, 0.2) is 5.82 Å². The maximum Gasteiger partial charge on any atom is 0.441 e. The summed E-state index contributed by atoms with van der Waals surface area (Å²) in [6.07, 6.45) is 0. The highest BCUT2D eigenvalue weighted by Crippen LogP contribution is 2.29. The third-order valence-electron chi connectivity index (χ3n) is 1.77. The Hall–Kier alpha value is -0.890. The normalized spacial score (nSPS) is 11.6. The molecule has 0 aliphatic heterocycles. The molecule has 17 heavy (non-hydrogen) atoms. The van der Waals surface area contributed by atoms with E-state index in [1.165, 1.54) is 0 Å². The molecule has 0 atom stereocenters. The van der Waals surface area contributed by atoms with Crippen LogP contribution in [0, 0.1) is 6.92 Å². The molecule has 0 unspecified atom stereocenters. The number of nitrogens with one attached hydrogen (secondary N) is 1. The largest absolute Gasteiger partial charge is 0.441 e. The van der Waals surface area contributed by atoms with Gasteiger partial charge in [-0.25, -0.2) is 4.98 Å². The number of nitrogens with zero attached hydrogens (tertiary/aromatic N) is 2. The minimum absolute atomic E-state index is 0.00248. The number of aryl methyl sites for hydroxylation is 1. The van der Waals surface area contributed by atoms with Gasteiger partial charge in [-0.15, -0.1) is 0 Å². The lowest BCUT2D eigenvalue weighted by atomic mass is 10.3. The highest BCUT2D eigenvalue weighted by atomic mass is 35.5. The van der Waals surface area contributed by atoms with Gasteiger partial charge in [-0.2, -0.15) is 18.2 Å². The fourth-order valence-electron chi connectivity index (χ4n) is 1.02. The fourth-order valence-corrected chi connectivity index (χ4v) is 1.67. The molecule has 0 saturated heterocycles. The van der Waals surface area contributed by atoms with Crippen LogP contribution in [0.3, 0.4) is 0 Å². The molecule has 3 N–H and O–H groups in total. The molecule has 0 bridgehead atoms. The first kappa shape index (κ1) is 14.2. The van der Waals surface area contributed by atoms with Crippen molar-refractivity contribution in [1.82, 2.24) is 9.97 Å². The summed E-state index contributed by atoms with van der Waals surface area (Å²) in [5, 5.41) is 2.69. The van der Waals surface area contributed by atoms with Gasteiger partial charge in [0.25, 0.3) is 0 Å². The number of halogens is 4. The Labute approximate surface area is 105 Å². The van der Waals surface area contributed by atoms with Crippen LogP contribution in [-0.4, -0.2) is 27.8 Å². The summed E-state index contributed by atoms with van der Waals surface area (Å²) < 4.78 is 35.6. The lowest BCUT2D eigenvalue weighted by Gasteiger charge is -2.10. The lowest BCUT2D eigenvalue weighted by molar-refractivity contribution is -0.0327. The maximum absolute atomic E-state index is 11.9. The van der Waals surface area contributed by atoms with Gasteiger partial charge in [0.2, 0.25) is 5.28 Å². The molecule has 0 saturated carbocycles. The molecule has 0 amide bonds. The van der Waals surface area contributed by atoms with Gasteiger partial charge in [0, 0.05) is 12.3 Å². The van der Waals surface area contributed by atoms with Gasteiger partial charge in [0.1, 0.15) is 0 Å². The van der Waals surface area contributed by atoms with Crippen LogP contribution in [0.15, 0.2) is 0 Å². The number of anilines is 2. The second-order valence-corrected chi connectivity index (χ2v) is 4.56. The van der Waals surface area contributed by atoms with Crippen molar-refractivity contribution in [1.29, 1.82) is 0 Å². The number of aromatic nitrogens is 2. The molecule has 96 valence electrons. The van der Waals surface area contributed by atoms with Gasteiger partial charge >= 0.3 is 5.51 Å². The number of hydrogen-bond donors (Lipinski definition) is 2. The standard InChI is InChI=1S/C8H10ClF3N4S/c1-4-5(13)6(16-7(9)15-4)14-2-3-17-8(10,11)12/h2-3,13H2,1H3,(H,14,15,16). The van der Waals surface area contributed by atoms with E-state index in [1.54, 1.807) is 6.92 Å². The van der Waals surface area contributed by atoms with E-state index in [-0.39, 0.29) is 40.8 Å². The lowest BCUT2D eigenvalue weighted by Crippen LogP contribution is -2.12. The molecule has 1 rings (SSSR count). The van der Waals surface area contributed by atoms with Crippen molar-refractivity contribution in [3.63, 3.8) is 0 Å². The Morgan fingerprint density at radius 1 is 1.41 bits per heavy atom. The quantitative estimate of drug-likeness (QED) is 0.658. The molecule has 1 heterocycles. The molecule has 0 radical (unpaired) electrons. The Morgan fingerprint density at radius 3 is 2.65 bits per heavy atom. The molecule has 0 fully saturated rings. The summed E-state index contributed by atoms with van der Waals surface area (Å²) in [5.74, 6) is 0.120. The molecule has 9 heteroatoms. The van der Waals surface area contributed by atoms with Crippen molar-refractivity contribution in [3.05, 3.63) is 11.0 Å². The predicted molar refractivity (Wildman–Crippen MR) is 63.2 cm³/mol. The monoisotopic (exact) mass is 286 g/mol. The number of nitrogen functional groups attached to an aromatic ring is 1. The Bertz CT molecular complexity index is 399. The average Bonchev–Trinajstić information content (AvgIpc) is 2.18. The van der Waals surface area contributed by atoms with Crippen molar-refractivity contribution < 1.29 is 13.2 Å². The molecular formula is C8H10ClF3N4S. The van der Waals surface area contributed by atoms with Crippen molar-refractivity contribution >= 4 is 34.9 Å². The minimum atomic E-state index is -4.23. The van der Waals surface area contributed by atoms with Crippen LogP contribution in [0.25, 0.3) is 0 Å². The van der Waals surface area contributed by atoms with E-state index in [2.05, 4.69) is 15.3 Å². The van der Waals surface area contributed by atoms with E-state index in [9.17, 15) is 13.2 Å². The second kappa shape index (κ2) is 5.63. The zero-order chi connectivity index (χ0) is 13.1. The summed E-state index contributed by atoms with van der Waals surface area (Å²) in [5.41, 5.74) is 2.18. The first-order valence-corrected chi connectivity index (χ1v) is 5.90. The van der Waals surface area contributed by atoms with Crippen molar-refractivity contribution in [2.24, 2.45) is 0 Å². The second-order valence-electron chi connectivity index (χ2n) is 3.06. The average molecular weight is 287 g/mol. The van der Waals surface area contributed by atoms with Crippen molar-refractivity contribution in [2.75, 3.05) is 23.3 Å². The number of hydrogen-bond acceptors (Lipinski definition) is 5. The molecule has 0 aliphatic rings. The zero-order valence-electron chi connectivity index (χ0n) is 8.81. The van der Waals surface area contributed by atoms with Crippen LogP contribution in [-0.2, 0) is 0 Å². The van der Waals surface area contributed by atoms with Gasteiger partial charge in [-0.3, -0.25) is 0 Å². The van der Waals surface area contributed by atoms with E-state index in [4.69, 9.17) is 17.3 Å².